The minimum Gasteiger partial charge on any atom is -0.497 e. The van der Waals surface area contributed by atoms with Crippen molar-refractivity contribution in [1.29, 1.82) is 0 Å². The highest BCUT2D eigenvalue weighted by atomic mass is 16.5. The van der Waals surface area contributed by atoms with Gasteiger partial charge in [0.25, 0.3) is 0 Å². The molecule has 2 heteroatoms. The molecule has 0 saturated heterocycles. The van der Waals surface area contributed by atoms with Gasteiger partial charge in [-0.25, -0.2) is 0 Å². The molecule has 88 valence electrons. The molecular formula is C14H21NO. The molecule has 0 unspecified atom stereocenters. The van der Waals surface area contributed by atoms with Crippen molar-refractivity contribution in [2.24, 2.45) is 5.73 Å². The van der Waals surface area contributed by atoms with Gasteiger partial charge >= 0.3 is 0 Å². The standard InChI is InChI=1S/C14H21NO/c1-3-11-7-12(9-13(8-11)16-2)14(10-15)5-4-6-14/h7-9H,3-6,10,15H2,1-2H3. The van der Waals surface area contributed by atoms with Gasteiger partial charge in [0.2, 0.25) is 0 Å². The quantitative estimate of drug-likeness (QED) is 0.845. The fraction of sp³-hybridized carbons (Fsp3) is 0.571. The fourth-order valence-corrected chi connectivity index (χ4v) is 2.50. The zero-order valence-electron chi connectivity index (χ0n) is 10.3. The summed E-state index contributed by atoms with van der Waals surface area (Å²) >= 11 is 0. The van der Waals surface area contributed by atoms with Crippen LogP contribution >= 0.6 is 0 Å². The second kappa shape index (κ2) is 4.46. The highest BCUT2D eigenvalue weighted by molar-refractivity contribution is 5.40. The lowest BCUT2D eigenvalue weighted by atomic mass is 9.64. The lowest BCUT2D eigenvalue weighted by Crippen LogP contribution is -2.41. The summed E-state index contributed by atoms with van der Waals surface area (Å²) in [5, 5.41) is 0. The molecule has 0 amide bonds. The first-order valence-corrected chi connectivity index (χ1v) is 6.12. The predicted octanol–water partition coefficient (Wildman–Crippen LogP) is 2.64. The summed E-state index contributed by atoms with van der Waals surface area (Å²) < 4.78 is 5.36. The zero-order chi connectivity index (χ0) is 11.6. The average molecular weight is 219 g/mol. The van der Waals surface area contributed by atoms with Gasteiger partial charge in [-0.15, -0.1) is 0 Å². The van der Waals surface area contributed by atoms with Gasteiger partial charge < -0.3 is 10.5 Å². The maximum absolute atomic E-state index is 5.94. The molecule has 2 rings (SSSR count). The Balaban J connectivity index is 2.39. The van der Waals surface area contributed by atoms with E-state index in [-0.39, 0.29) is 5.41 Å². The van der Waals surface area contributed by atoms with Gasteiger partial charge in [-0.1, -0.05) is 19.4 Å². The molecule has 1 aliphatic carbocycles. The van der Waals surface area contributed by atoms with Gasteiger partial charge in [0, 0.05) is 12.0 Å². The van der Waals surface area contributed by atoms with E-state index in [9.17, 15) is 0 Å². The molecule has 0 bridgehead atoms. The summed E-state index contributed by atoms with van der Waals surface area (Å²) in [6.45, 7) is 2.93. The minimum atomic E-state index is 0.235. The van der Waals surface area contributed by atoms with E-state index in [1.165, 1.54) is 30.4 Å². The Morgan fingerprint density at radius 1 is 1.31 bits per heavy atom. The molecule has 1 aliphatic rings. The third-order valence-electron chi connectivity index (χ3n) is 3.92. The number of hydrogen-bond donors (Lipinski definition) is 1. The lowest BCUT2D eigenvalue weighted by Gasteiger charge is -2.41. The summed E-state index contributed by atoms with van der Waals surface area (Å²) in [5.74, 6) is 0.967. The summed E-state index contributed by atoms with van der Waals surface area (Å²) in [4.78, 5) is 0. The third-order valence-corrected chi connectivity index (χ3v) is 3.92. The molecule has 0 radical (unpaired) electrons. The molecule has 1 aromatic carbocycles. The van der Waals surface area contributed by atoms with E-state index >= 15 is 0 Å². The number of ether oxygens (including phenoxy) is 1. The van der Waals surface area contributed by atoms with Crippen molar-refractivity contribution in [1.82, 2.24) is 0 Å². The van der Waals surface area contributed by atoms with Gasteiger partial charge in [-0.3, -0.25) is 0 Å². The van der Waals surface area contributed by atoms with Gasteiger partial charge in [0.1, 0.15) is 5.75 Å². The number of rotatable bonds is 4. The van der Waals surface area contributed by atoms with Crippen molar-refractivity contribution < 1.29 is 4.74 Å². The Kier molecular flexibility index (Phi) is 3.20. The van der Waals surface area contributed by atoms with Crippen LogP contribution in [0, 0.1) is 0 Å². The Morgan fingerprint density at radius 2 is 2.06 bits per heavy atom. The number of nitrogens with two attached hydrogens (primary N) is 1. The van der Waals surface area contributed by atoms with E-state index in [1.807, 2.05) is 0 Å². The molecule has 16 heavy (non-hydrogen) atoms. The number of aryl methyl sites for hydroxylation is 1. The van der Waals surface area contributed by atoms with E-state index in [2.05, 4.69) is 25.1 Å². The monoisotopic (exact) mass is 219 g/mol. The van der Waals surface area contributed by atoms with Gasteiger partial charge in [0.15, 0.2) is 0 Å². The van der Waals surface area contributed by atoms with E-state index in [4.69, 9.17) is 10.5 Å². The molecule has 1 fully saturated rings. The number of methoxy groups -OCH3 is 1. The molecule has 2 nitrogen and oxygen atoms in total. The van der Waals surface area contributed by atoms with Crippen LogP contribution in [0.5, 0.6) is 5.75 Å². The van der Waals surface area contributed by atoms with Crippen molar-refractivity contribution in [2.45, 2.75) is 38.0 Å². The molecule has 2 N–H and O–H groups in total. The SMILES string of the molecule is CCc1cc(OC)cc(C2(CN)CCC2)c1. The van der Waals surface area contributed by atoms with Crippen LogP contribution in [0.1, 0.15) is 37.3 Å². The van der Waals surface area contributed by atoms with Crippen LogP contribution in [-0.4, -0.2) is 13.7 Å². The highest BCUT2D eigenvalue weighted by Gasteiger charge is 2.37. The fourth-order valence-electron chi connectivity index (χ4n) is 2.50. The second-order valence-electron chi connectivity index (χ2n) is 4.76. The van der Waals surface area contributed by atoms with Crippen molar-refractivity contribution >= 4 is 0 Å². The highest BCUT2D eigenvalue weighted by Crippen LogP contribution is 2.44. The number of benzene rings is 1. The molecule has 0 spiro atoms. The van der Waals surface area contributed by atoms with Crippen LogP contribution in [0.4, 0.5) is 0 Å². The Hall–Kier alpha value is -1.02. The minimum absolute atomic E-state index is 0.235. The molecular weight excluding hydrogens is 198 g/mol. The predicted molar refractivity (Wildman–Crippen MR) is 67.0 cm³/mol. The second-order valence-corrected chi connectivity index (χ2v) is 4.76. The summed E-state index contributed by atoms with van der Waals surface area (Å²) in [5.41, 5.74) is 8.89. The first-order valence-electron chi connectivity index (χ1n) is 6.12. The maximum atomic E-state index is 5.94. The molecule has 0 aliphatic heterocycles. The largest absolute Gasteiger partial charge is 0.497 e. The topological polar surface area (TPSA) is 35.2 Å². The molecule has 0 aromatic heterocycles. The normalized spacial score (nSPS) is 17.9. The van der Waals surface area contributed by atoms with E-state index in [0.717, 1.165) is 18.7 Å². The summed E-state index contributed by atoms with van der Waals surface area (Å²) in [6.07, 6.45) is 4.79. The van der Waals surface area contributed by atoms with Crippen molar-refractivity contribution in [3.05, 3.63) is 29.3 Å². The average Bonchev–Trinajstić information content (AvgIpc) is 2.28. The number of hydrogen-bond acceptors (Lipinski definition) is 2. The smallest absolute Gasteiger partial charge is 0.119 e. The van der Waals surface area contributed by atoms with Crippen LogP contribution < -0.4 is 10.5 Å². The van der Waals surface area contributed by atoms with Gasteiger partial charge in [0.05, 0.1) is 7.11 Å². The molecule has 0 heterocycles. The van der Waals surface area contributed by atoms with Crippen LogP contribution in [-0.2, 0) is 11.8 Å². The Morgan fingerprint density at radius 3 is 2.50 bits per heavy atom. The lowest BCUT2D eigenvalue weighted by molar-refractivity contribution is 0.252. The first kappa shape index (κ1) is 11.5. The molecule has 0 atom stereocenters. The Labute approximate surface area is 97.8 Å². The summed E-state index contributed by atoms with van der Waals surface area (Å²) in [6, 6.07) is 6.58. The zero-order valence-corrected chi connectivity index (χ0v) is 10.3. The van der Waals surface area contributed by atoms with Crippen LogP contribution in [0.3, 0.4) is 0 Å². The molecule has 1 aromatic rings. The van der Waals surface area contributed by atoms with Crippen LogP contribution in [0.25, 0.3) is 0 Å². The van der Waals surface area contributed by atoms with Crippen molar-refractivity contribution in [2.75, 3.05) is 13.7 Å². The van der Waals surface area contributed by atoms with E-state index < -0.39 is 0 Å². The van der Waals surface area contributed by atoms with Crippen LogP contribution in [0.2, 0.25) is 0 Å². The van der Waals surface area contributed by atoms with Crippen LogP contribution in [0.15, 0.2) is 18.2 Å². The van der Waals surface area contributed by atoms with Crippen molar-refractivity contribution in [3.63, 3.8) is 0 Å². The Bertz CT molecular complexity index is 341. The summed E-state index contributed by atoms with van der Waals surface area (Å²) in [7, 11) is 1.73. The third kappa shape index (κ3) is 1.82. The molecule has 1 saturated carbocycles. The maximum Gasteiger partial charge on any atom is 0.119 e. The van der Waals surface area contributed by atoms with E-state index in [1.54, 1.807) is 7.11 Å². The first-order chi connectivity index (χ1) is 7.74. The van der Waals surface area contributed by atoms with Gasteiger partial charge in [-0.2, -0.15) is 0 Å². The van der Waals surface area contributed by atoms with E-state index in [0.29, 0.717) is 0 Å². The van der Waals surface area contributed by atoms with Crippen molar-refractivity contribution in [3.8, 4) is 5.75 Å². The van der Waals surface area contributed by atoms with Gasteiger partial charge in [-0.05, 0) is 42.5 Å².